The maximum Gasteiger partial charge on any atom is 0.338 e. The molecule has 1 aromatic rings. The third kappa shape index (κ3) is 3.38. The molecule has 0 aromatic heterocycles. The first kappa shape index (κ1) is 11.0. The van der Waals surface area contributed by atoms with Gasteiger partial charge in [0, 0.05) is 5.75 Å². The van der Waals surface area contributed by atoms with E-state index in [9.17, 15) is 9.18 Å². The minimum Gasteiger partial charge on any atom is -0.461 e. The summed E-state index contributed by atoms with van der Waals surface area (Å²) in [5.74, 6) is 0.0112. The molecule has 0 fully saturated rings. The van der Waals surface area contributed by atoms with Crippen LogP contribution in [0.15, 0.2) is 24.3 Å². The highest BCUT2D eigenvalue weighted by molar-refractivity contribution is 7.98. The van der Waals surface area contributed by atoms with Crippen molar-refractivity contribution in [1.29, 1.82) is 0 Å². The van der Waals surface area contributed by atoms with Crippen LogP contribution in [0.5, 0.6) is 0 Å². The summed E-state index contributed by atoms with van der Waals surface area (Å²) in [6, 6.07) is 5.31. The van der Waals surface area contributed by atoms with Crippen LogP contribution in [0.1, 0.15) is 10.4 Å². The first-order valence-electron chi connectivity index (χ1n) is 4.15. The van der Waals surface area contributed by atoms with E-state index in [1.54, 1.807) is 11.8 Å². The van der Waals surface area contributed by atoms with Crippen LogP contribution in [0.3, 0.4) is 0 Å². The Bertz CT molecular complexity index is 297. The summed E-state index contributed by atoms with van der Waals surface area (Å²) in [5, 5.41) is 0. The highest BCUT2D eigenvalue weighted by Gasteiger charge is 2.05. The number of carbonyl (C=O) groups is 1. The number of benzene rings is 1. The number of carbonyl (C=O) groups excluding carboxylic acids is 1. The Morgan fingerprint density at radius 2 is 2.07 bits per heavy atom. The second kappa shape index (κ2) is 5.65. The molecule has 0 saturated carbocycles. The summed E-state index contributed by atoms with van der Waals surface area (Å²) >= 11 is 1.60. The summed E-state index contributed by atoms with van der Waals surface area (Å²) in [7, 11) is 0. The van der Waals surface area contributed by atoms with E-state index in [1.807, 2.05) is 6.26 Å². The minimum absolute atomic E-state index is 0.356. The average Bonchev–Trinajstić information content (AvgIpc) is 2.19. The van der Waals surface area contributed by atoms with Gasteiger partial charge < -0.3 is 4.74 Å². The van der Waals surface area contributed by atoms with Gasteiger partial charge in [-0.3, -0.25) is 0 Å². The molecule has 4 heteroatoms. The van der Waals surface area contributed by atoms with E-state index in [2.05, 4.69) is 0 Å². The Morgan fingerprint density at radius 3 is 2.64 bits per heavy atom. The Hall–Kier alpha value is -1.03. The van der Waals surface area contributed by atoms with Gasteiger partial charge in [-0.05, 0) is 30.5 Å². The quantitative estimate of drug-likeness (QED) is 0.568. The zero-order valence-electron chi connectivity index (χ0n) is 7.83. The van der Waals surface area contributed by atoms with Crippen LogP contribution in [-0.2, 0) is 4.74 Å². The predicted molar refractivity (Wildman–Crippen MR) is 55.1 cm³/mol. The fraction of sp³-hybridized carbons (Fsp3) is 0.300. The van der Waals surface area contributed by atoms with E-state index >= 15 is 0 Å². The van der Waals surface area contributed by atoms with Gasteiger partial charge in [0.05, 0.1) is 5.56 Å². The second-order valence-corrected chi connectivity index (χ2v) is 3.62. The van der Waals surface area contributed by atoms with Gasteiger partial charge in [0.2, 0.25) is 0 Å². The molecule has 14 heavy (non-hydrogen) atoms. The third-order valence-corrected chi connectivity index (χ3v) is 2.18. The number of rotatable bonds is 4. The lowest BCUT2D eigenvalue weighted by molar-refractivity contribution is 0.0530. The first-order chi connectivity index (χ1) is 6.74. The first-order valence-corrected chi connectivity index (χ1v) is 5.55. The SMILES string of the molecule is CSCCOC(=O)c1ccc(F)cc1. The summed E-state index contributed by atoms with van der Waals surface area (Å²) in [5.41, 5.74) is 0.382. The van der Waals surface area contributed by atoms with Crippen LogP contribution in [0.2, 0.25) is 0 Å². The maximum absolute atomic E-state index is 12.5. The number of halogens is 1. The van der Waals surface area contributed by atoms with E-state index in [0.29, 0.717) is 12.2 Å². The zero-order chi connectivity index (χ0) is 10.4. The number of ether oxygens (including phenoxy) is 1. The van der Waals surface area contributed by atoms with Crippen molar-refractivity contribution in [3.63, 3.8) is 0 Å². The highest BCUT2D eigenvalue weighted by atomic mass is 32.2. The summed E-state index contributed by atoms with van der Waals surface area (Å²) in [6.07, 6.45) is 1.94. The molecule has 0 atom stereocenters. The minimum atomic E-state index is -0.404. The van der Waals surface area contributed by atoms with Crippen molar-refractivity contribution in [3.05, 3.63) is 35.6 Å². The Labute approximate surface area is 86.5 Å². The van der Waals surface area contributed by atoms with Crippen molar-refractivity contribution < 1.29 is 13.9 Å². The molecule has 2 nitrogen and oxygen atoms in total. The molecule has 0 bridgehead atoms. The van der Waals surface area contributed by atoms with E-state index in [4.69, 9.17) is 4.74 Å². The lowest BCUT2D eigenvalue weighted by Gasteiger charge is -2.02. The Morgan fingerprint density at radius 1 is 1.43 bits per heavy atom. The molecule has 0 unspecified atom stereocenters. The molecule has 1 rings (SSSR count). The number of thioether (sulfide) groups is 1. The summed E-state index contributed by atoms with van der Waals surface area (Å²) in [6.45, 7) is 0.386. The molecule has 0 radical (unpaired) electrons. The molecule has 0 aliphatic heterocycles. The van der Waals surface area contributed by atoms with Crippen molar-refractivity contribution in [2.24, 2.45) is 0 Å². The fourth-order valence-corrected chi connectivity index (χ4v) is 1.14. The largest absolute Gasteiger partial charge is 0.461 e. The van der Waals surface area contributed by atoms with Crippen LogP contribution in [0, 0.1) is 5.82 Å². The molecular weight excluding hydrogens is 203 g/mol. The van der Waals surface area contributed by atoms with Crippen molar-refractivity contribution in [3.8, 4) is 0 Å². The maximum atomic E-state index is 12.5. The lowest BCUT2D eigenvalue weighted by Crippen LogP contribution is -2.07. The molecule has 0 aliphatic carbocycles. The molecular formula is C10H11FO2S. The van der Waals surface area contributed by atoms with Crippen LogP contribution in [0.25, 0.3) is 0 Å². The van der Waals surface area contributed by atoms with Crippen molar-refractivity contribution in [1.82, 2.24) is 0 Å². The molecule has 0 amide bonds. The van der Waals surface area contributed by atoms with Gasteiger partial charge in [0.15, 0.2) is 0 Å². The van der Waals surface area contributed by atoms with Gasteiger partial charge in [-0.15, -0.1) is 0 Å². The van der Waals surface area contributed by atoms with E-state index in [1.165, 1.54) is 24.3 Å². The van der Waals surface area contributed by atoms with E-state index < -0.39 is 5.97 Å². The van der Waals surface area contributed by atoms with Crippen molar-refractivity contribution in [2.45, 2.75) is 0 Å². The molecule has 1 aromatic carbocycles. The fourth-order valence-electron chi connectivity index (χ4n) is 0.887. The molecule has 76 valence electrons. The topological polar surface area (TPSA) is 26.3 Å². The van der Waals surface area contributed by atoms with Gasteiger partial charge in [-0.25, -0.2) is 9.18 Å². The summed E-state index contributed by atoms with van der Waals surface area (Å²) in [4.78, 5) is 11.3. The molecule has 0 saturated heterocycles. The molecule has 0 heterocycles. The number of hydrogen-bond donors (Lipinski definition) is 0. The number of esters is 1. The smallest absolute Gasteiger partial charge is 0.338 e. The Balaban J connectivity index is 2.48. The number of hydrogen-bond acceptors (Lipinski definition) is 3. The summed E-state index contributed by atoms with van der Waals surface area (Å²) < 4.78 is 17.4. The van der Waals surface area contributed by atoms with Crippen molar-refractivity contribution in [2.75, 3.05) is 18.6 Å². The van der Waals surface area contributed by atoms with E-state index in [-0.39, 0.29) is 5.82 Å². The van der Waals surface area contributed by atoms with Gasteiger partial charge in [0.25, 0.3) is 0 Å². The second-order valence-electron chi connectivity index (χ2n) is 2.64. The van der Waals surface area contributed by atoms with Crippen LogP contribution < -0.4 is 0 Å². The predicted octanol–water partition coefficient (Wildman–Crippen LogP) is 2.35. The molecule has 0 spiro atoms. The zero-order valence-corrected chi connectivity index (χ0v) is 8.64. The monoisotopic (exact) mass is 214 g/mol. The van der Waals surface area contributed by atoms with Crippen molar-refractivity contribution >= 4 is 17.7 Å². The van der Waals surface area contributed by atoms with Gasteiger partial charge in [-0.2, -0.15) is 11.8 Å². The van der Waals surface area contributed by atoms with Crippen LogP contribution >= 0.6 is 11.8 Å². The average molecular weight is 214 g/mol. The standard InChI is InChI=1S/C10H11FO2S/c1-14-7-6-13-10(12)8-2-4-9(11)5-3-8/h2-5H,6-7H2,1H3. The van der Waals surface area contributed by atoms with Gasteiger partial charge >= 0.3 is 5.97 Å². The molecule has 0 N–H and O–H groups in total. The third-order valence-electron chi connectivity index (χ3n) is 1.60. The normalized spacial score (nSPS) is 9.86. The van der Waals surface area contributed by atoms with Gasteiger partial charge in [-0.1, -0.05) is 0 Å². The van der Waals surface area contributed by atoms with Gasteiger partial charge in [0.1, 0.15) is 12.4 Å². The Kier molecular flexibility index (Phi) is 4.46. The highest BCUT2D eigenvalue weighted by Crippen LogP contribution is 2.04. The van der Waals surface area contributed by atoms with Crippen LogP contribution in [-0.4, -0.2) is 24.6 Å². The lowest BCUT2D eigenvalue weighted by atomic mass is 10.2. The van der Waals surface area contributed by atoms with Crippen LogP contribution in [0.4, 0.5) is 4.39 Å². The molecule has 0 aliphatic rings. The van der Waals surface area contributed by atoms with E-state index in [0.717, 1.165) is 5.75 Å².